The van der Waals surface area contributed by atoms with Gasteiger partial charge < -0.3 is 19.5 Å². The highest BCUT2D eigenvalue weighted by molar-refractivity contribution is 8.00. The van der Waals surface area contributed by atoms with Crippen LogP contribution < -0.4 is 19.5 Å². The molecule has 1 N–H and O–H groups in total. The number of thioether (sulfide) groups is 1. The molecule has 150 valence electrons. The van der Waals surface area contributed by atoms with E-state index in [2.05, 4.69) is 26.1 Å². The number of ether oxygens (including phenoxy) is 3. The van der Waals surface area contributed by atoms with E-state index in [0.717, 1.165) is 28.4 Å². The summed E-state index contributed by atoms with van der Waals surface area (Å²) in [5.41, 5.74) is 1.82. The molecule has 28 heavy (non-hydrogen) atoms. The van der Waals surface area contributed by atoms with E-state index in [-0.39, 0.29) is 11.3 Å². The molecule has 0 saturated heterocycles. The largest absolute Gasteiger partial charge is 0.495 e. The Balaban J connectivity index is 1.65. The average molecular weight is 402 g/mol. The number of nitrogens with one attached hydrogen (secondary N) is 1. The van der Waals surface area contributed by atoms with Crippen LogP contribution in [0.1, 0.15) is 32.8 Å². The number of hydrogen-bond acceptors (Lipinski definition) is 5. The molecular weight excluding hydrogens is 374 g/mol. The summed E-state index contributed by atoms with van der Waals surface area (Å²) in [5.74, 6) is 2.36. The Hall–Kier alpha value is -2.34. The van der Waals surface area contributed by atoms with E-state index in [4.69, 9.17) is 14.2 Å². The molecule has 0 fully saturated rings. The van der Waals surface area contributed by atoms with Gasteiger partial charge in [0.25, 0.3) is 0 Å². The Morgan fingerprint density at radius 1 is 1.11 bits per heavy atom. The van der Waals surface area contributed by atoms with Crippen LogP contribution in [0.4, 0.5) is 5.69 Å². The van der Waals surface area contributed by atoms with Crippen LogP contribution in [-0.4, -0.2) is 32.0 Å². The molecule has 2 aromatic rings. The lowest BCUT2D eigenvalue weighted by Gasteiger charge is -2.21. The van der Waals surface area contributed by atoms with Gasteiger partial charge in [-0.1, -0.05) is 26.8 Å². The van der Waals surface area contributed by atoms with Crippen molar-refractivity contribution in [2.45, 2.75) is 37.5 Å². The zero-order valence-corrected chi connectivity index (χ0v) is 17.7. The first kappa shape index (κ1) is 20.4. The van der Waals surface area contributed by atoms with Crippen LogP contribution in [0.2, 0.25) is 0 Å². The topological polar surface area (TPSA) is 56.8 Å². The number of carbonyl (C=O) groups excluding carboxylic acids is 1. The van der Waals surface area contributed by atoms with Crippen LogP contribution >= 0.6 is 11.8 Å². The SMILES string of the molecule is COc1ccc(C(C)(C)C)cc1NC(=O)CSc1ccc2c(c1)OCCCO2. The van der Waals surface area contributed by atoms with Crippen LogP contribution in [0.3, 0.4) is 0 Å². The molecule has 0 aliphatic carbocycles. The molecule has 1 heterocycles. The standard InChI is InChI=1S/C22H27NO4S/c1-22(2,3)15-6-8-18(25-4)17(12-15)23-21(24)14-28-16-7-9-19-20(13-16)27-11-5-10-26-19/h6-9,12-13H,5,10-11,14H2,1-4H3,(H,23,24). The van der Waals surface area contributed by atoms with Gasteiger partial charge in [-0.3, -0.25) is 4.79 Å². The van der Waals surface area contributed by atoms with Crippen molar-refractivity contribution in [1.29, 1.82) is 0 Å². The minimum absolute atomic E-state index is 0.00951. The molecule has 0 atom stereocenters. The minimum atomic E-state index is -0.0820. The second-order valence-corrected chi connectivity index (χ2v) is 8.71. The Labute approximate surface area is 170 Å². The average Bonchev–Trinajstić information content (AvgIpc) is 2.90. The van der Waals surface area contributed by atoms with Gasteiger partial charge in [0.15, 0.2) is 11.5 Å². The number of benzene rings is 2. The highest BCUT2D eigenvalue weighted by atomic mass is 32.2. The summed E-state index contributed by atoms with van der Waals surface area (Å²) in [6, 6.07) is 11.7. The van der Waals surface area contributed by atoms with Crippen LogP contribution in [0, 0.1) is 0 Å². The maximum Gasteiger partial charge on any atom is 0.234 e. The zero-order valence-electron chi connectivity index (χ0n) is 16.8. The van der Waals surface area contributed by atoms with E-state index in [1.165, 1.54) is 11.8 Å². The third-order valence-electron chi connectivity index (χ3n) is 4.43. The van der Waals surface area contributed by atoms with E-state index in [0.29, 0.717) is 30.4 Å². The number of fused-ring (bicyclic) bond motifs is 1. The van der Waals surface area contributed by atoms with Crippen molar-refractivity contribution >= 4 is 23.4 Å². The number of carbonyl (C=O) groups is 1. The fourth-order valence-electron chi connectivity index (χ4n) is 2.84. The molecule has 1 aliphatic heterocycles. The van der Waals surface area contributed by atoms with E-state index in [9.17, 15) is 4.79 Å². The van der Waals surface area contributed by atoms with Gasteiger partial charge in [-0.25, -0.2) is 0 Å². The molecule has 0 spiro atoms. The van der Waals surface area contributed by atoms with Crippen molar-refractivity contribution in [2.24, 2.45) is 0 Å². The normalized spacial score (nSPS) is 13.6. The van der Waals surface area contributed by atoms with Gasteiger partial charge in [-0.2, -0.15) is 0 Å². The van der Waals surface area contributed by atoms with Gasteiger partial charge in [0.2, 0.25) is 5.91 Å². The number of rotatable bonds is 5. The molecule has 5 nitrogen and oxygen atoms in total. The molecule has 0 bridgehead atoms. The minimum Gasteiger partial charge on any atom is -0.495 e. The predicted octanol–water partition coefficient (Wildman–Crippen LogP) is 4.88. The van der Waals surface area contributed by atoms with Crippen LogP contribution in [0.15, 0.2) is 41.3 Å². The molecule has 6 heteroatoms. The van der Waals surface area contributed by atoms with Crippen LogP contribution in [0.25, 0.3) is 0 Å². The monoisotopic (exact) mass is 401 g/mol. The highest BCUT2D eigenvalue weighted by Crippen LogP contribution is 2.34. The third-order valence-corrected chi connectivity index (χ3v) is 5.42. The number of amides is 1. The summed E-state index contributed by atoms with van der Waals surface area (Å²) in [5, 5.41) is 2.98. The third kappa shape index (κ3) is 5.13. The predicted molar refractivity (Wildman–Crippen MR) is 113 cm³/mol. The summed E-state index contributed by atoms with van der Waals surface area (Å²) in [6.07, 6.45) is 0.870. The van der Waals surface area contributed by atoms with E-state index in [1.54, 1.807) is 7.11 Å². The zero-order chi connectivity index (χ0) is 20.1. The van der Waals surface area contributed by atoms with E-state index < -0.39 is 0 Å². The summed E-state index contributed by atoms with van der Waals surface area (Å²) in [4.78, 5) is 13.5. The molecule has 0 radical (unpaired) electrons. The van der Waals surface area contributed by atoms with Gasteiger partial charge in [0.05, 0.1) is 31.8 Å². The van der Waals surface area contributed by atoms with Gasteiger partial charge in [0, 0.05) is 11.3 Å². The van der Waals surface area contributed by atoms with Gasteiger partial charge in [-0.15, -0.1) is 11.8 Å². The van der Waals surface area contributed by atoms with Crippen molar-refractivity contribution in [1.82, 2.24) is 0 Å². The second kappa shape index (κ2) is 8.78. The number of methoxy groups -OCH3 is 1. The summed E-state index contributed by atoms with van der Waals surface area (Å²) in [6.45, 7) is 7.73. The van der Waals surface area contributed by atoms with Gasteiger partial charge >= 0.3 is 0 Å². The first-order chi connectivity index (χ1) is 13.4. The van der Waals surface area contributed by atoms with Crippen LogP contribution in [0.5, 0.6) is 17.2 Å². The summed E-state index contributed by atoms with van der Waals surface area (Å²) >= 11 is 1.46. The second-order valence-electron chi connectivity index (χ2n) is 7.66. The van der Waals surface area contributed by atoms with Gasteiger partial charge in [0.1, 0.15) is 5.75 Å². The van der Waals surface area contributed by atoms with Crippen molar-refractivity contribution < 1.29 is 19.0 Å². The van der Waals surface area contributed by atoms with Crippen molar-refractivity contribution in [3.05, 3.63) is 42.0 Å². The fraction of sp³-hybridized carbons (Fsp3) is 0.409. The van der Waals surface area contributed by atoms with E-state index in [1.807, 2.05) is 36.4 Å². The maximum absolute atomic E-state index is 12.5. The highest BCUT2D eigenvalue weighted by Gasteiger charge is 2.17. The number of hydrogen-bond donors (Lipinski definition) is 1. The Morgan fingerprint density at radius 3 is 2.57 bits per heavy atom. The Bertz CT molecular complexity index is 845. The molecule has 1 aliphatic rings. The van der Waals surface area contributed by atoms with Crippen molar-refractivity contribution in [3.63, 3.8) is 0 Å². The first-order valence-electron chi connectivity index (χ1n) is 9.37. The fourth-order valence-corrected chi connectivity index (χ4v) is 3.57. The molecule has 3 rings (SSSR count). The van der Waals surface area contributed by atoms with Gasteiger partial charge in [-0.05, 0) is 41.3 Å². The molecular formula is C22H27NO4S. The summed E-state index contributed by atoms with van der Waals surface area (Å²) < 4.78 is 16.8. The molecule has 0 aromatic heterocycles. The molecule has 0 unspecified atom stereocenters. The van der Waals surface area contributed by atoms with Crippen molar-refractivity contribution in [3.8, 4) is 17.2 Å². The van der Waals surface area contributed by atoms with E-state index >= 15 is 0 Å². The first-order valence-corrected chi connectivity index (χ1v) is 10.4. The molecule has 0 saturated carbocycles. The molecule has 2 aromatic carbocycles. The Kier molecular flexibility index (Phi) is 6.39. The number of anilines is 1. The smallest absolute Gasteiger partial charge is 0.234 e. The van der Waals surface area contributed by atoms with Crippen molar-refractivity contribution in [2.75, 3.05) is 31.4 Å². The molecule has 1 amide bonds. The Morgan fingerprint density at radius 2 is 1.86 bits per heavy atom. The quantitative estimate of drug-likeness (QED) is 0.723. The van der Waals surface area contributed by atoms with Crippen LogP contribution in [-0.2, 0) is 10.2 Å². The lowest BCUT2D eigenvalue weighted by atomic mass is 9.87. The summed E-state index contributed by atoms with van der Waals surface area (Å²) in [7, 11) is 1.61. The lowest BCUT2D eigenvalue weighted by Crippen LogP contribution is -2.16. The maximum atomic E-state index is 12.5. The lowest BCUT2D eigenvalue weighted by molar-refractivity contribution is -0.113.